The highest BCUT2D eigenvalue weighted by Gasteiger charge is 2.24. The molecule has 0 unspecified atom stereocenters. The third-order valence-electron chi connectivity index (χ3n) is 11.0. The zero-order valence-electron chi connectivity index (χ0n) is 29.9. The van der Waals surface area contributed by atoms with Gasteiger partial charge in [-0.05, 0) is 76.5 Å². The SMILES string of the molecule is c1ccc(-c2cccc(N(c3ccc4c(c3)oc3ccccc34)c3ccccc3-c3c(-n4c5ccccc5c5ccccc54)ccc4ccccc34)c2)cc1. The third kappa shape index (κ3) is 5.05. The topological polar surface area (TPSA) is 21.3 Å². The van der Waals surface area contributed by atoms with Gasteiger partial charge < -0.3 is 13.9 Å². The number of hydrogen-bond donors (Lipinski definition) is 0. The van der Waals surface area contributed by atoms with E-state index >= 15 is 0 Å². The van der Waals surface area contributed by atoms with E-state index < -0.39 is 0 Å². The summed E-state index contributed by atoms with van der Waals surface area (Å²) < 4.78 is 8.95. The molecule has 11 aromatic rings. The Kier molecular flexibility index (Phi) is 7.17. The lowest BCUT2D eigenvalue weighted by Gasteiger charge is -2.29. The van der Waals surface area contributed by atoms with Gasteiger partial charge in [-0.15, -0.1) is 0 Å². The second kappa shape index (κ2) is 12.6. The fraction of sp³-hybridized carbons (Fsp3) is 0. The zero-order valence-corrected chi connectivity index (χ0v) is 29.9. The van der Waals surface area contributed by atoms with Gasteiger partial charge in [0.1, 0.15) is 11.2 Å². The summed E-state index contributed by atoms with van der Waals surface area (Å²) in [5, 5.41) is 7.09. The van der Waals surface area contributed by atoms with Crippen molar-refractivity contribution < 1.29 is 4.42 Å². The molecule has 2 heterocycles. The summed E-state index contributed by atoms with van der Waals surface area (Å²) in [5.74, 6) is 0. The van der Waals surface area contributed by atoms with Gasteiger partial charge in [-0.3, -0.25) is 0 Å². The molecule has 3 heteroatoms. The molecule has 0 amide bonds. The van der Waals surface area contributed by atoms with Crippen LogP contribution in [0.3, 0.4) is 0 Å². The van der Waals surface area contributed by atoms with Crippen molar-refractivity contribution in [2.75, 3.05) is 4.90 Å². The van der Waals surface area contributed by atoms with E-state index in [1.54, 1.807) is 0 Å². The van der Waals surface area contributed by atoms with Gasteiger partial charge in [0.15, 0.2) is 0 Å². The molecule has 0 aliphatic rings. The average Bonchev–Trinajstić information content (AvgIpc) is 3.79. The number of rotatable bonds is 6. The van der Waals surface area contributed by atoms with Gasteiger partial charge in [0, 0.05) is 50.1 Å². The normalized spacial score (nSPS) is 11.6. The largest absolute Gasteiger partial charge is 0.456 e. The maximum atomic E-state index is 6.50. The standard InChI is InChI=1S/C52H34N2O/c1-2-15-35(16-3-1)37-18-14-19-38(33-37)53(39-30-31-44-43-23-9-13-28-50(43)55-51(44)34-39)48-27-12-8-24-45(48)52-40-20-5-4-17-36(40)29-32-49(52)54-46-25-10-6-21-41(46)42-22-7-11-26-47(42)54/h1-34H. The number of benzene rings is 9. The Morgan fingerprint density at radius 2 is 1.00 bits per heavy atom. The van der Waals surface area contributed by atoms with Crippen LogP contribution < -0.4 is 4.90 Å². The van der Waals surface area contributed by atoms with E-state index in [1.807, 2.05) is 12.1 Å². The van der Waals surface area contributed by atoms with E-state index in [0.717, 1.165) is 55.8 Å². The Bertz CT molecular complexity index is 3170. The maximum Gasteiger partial charge on any atom is 0.137 e. The predicted octanol–water partition coefficient (Wildman–Crippen LogP) is 14.6. The van der Waals surface area contributed by atoms with Crippen molar-refractivity contribution in [2.45, 2.75) is 0 Å². The lowest BCUT2D eigenvalue weighted by atomic mass is 9.93. The summed E-state index contributed by atoms with van der Waals surface area (Å²) in [6.07, 6.45) is 0. The van der Waals surface area contributed by atoms with E-state index in [0.29, 0.717) is 0 Å². The molecular weight excluding hydrogens is 669 g/mol. The van der Waals surface area contributed by atoms with Crippen LogP contribution in [0.1, 0.15) is 0 Å². The Balaban J connectivity index is 1.21. The minimum absolute atomic E-state index is 0.858. The Hall–Kier alpha value is -7.36. The average molecular weight is 703 g/mol. The minimum Gasteiger partial charge on any atom is -0.456 e. The van der Waals surface area contributed by atoms with Gasteiger partial charge in [0.05, 0.1) is 22.4 Å². The Labute approximate surface area is 318 Å². The van der Waals surface area contributed by atoms with Crippen molar-refractivity contribution in [3.63, 3.8) is 0 Å². The number of para-hydroxylation sites is 4. The van der Waals surface area contributed by atoms with Crippen LogP contribution in [-0.2, 0) is 0 Å². The molecular formula is C52H34N2O. The van der Waals surface area contributed by atoms with Crippen LogP contribution in [0.15, 0.2) is 211 Å². The molecule has 55 heavy (non-hydrogen) atoms. The summed E-state index contributed by atoms with van der Waals surface area (Å²) in [6.45, 7) is 0. The van der Waals surface area contributed by atoms with Crippen molar-refractivity contribution in [2.24, 2.45) is 0 Å². The van der Waals surface area contributed by atoms with Gasteiger partial charge in [0.2, 0.25) is 0 Å². The second-order valence-electron chi connectivity index (χ2n) is 14.1. The molecule has 0 bridgehead atoms. The molecule has 2 aromatic heterocycles. The zero-order chi connectivity index (χ0) is 36.3. The van der Waals surface area contributed by atoms with Crippen molar-refractivity contribution in [3.8, 4) is 27.9 Å². The number of hydrogen-bond acceptors (Lipinski definition) is 2. The molecule has 0 aliphatic carbocycles. The van der Waals surface area contributed by atoms with Gasteiger partial charge >= 0.3 is 0 Å². The number of aromatic nitrogens is 1. The molecule has 0 saturated carbocycles. The first-order valence-electron chi connectivity index (χ1n) is 18.8. The first-order valence-corrected chi connectivity index (χ1v) is 18.8. The first kappa shape index (κ1) is 31.2. The lowest BCUT2D eigenvalue weighted by molar-refractivity contribution is 0.669. The molecule has 258 valence electrons. The van der Waals surface area contributed by atoms with Crippen LogP contribution in [-0.4, -0.2) is 4.57 Å². The van der Waals surface area contributed by atoms with Crippen LogP contribution in [0.25, 0.3) is 82.5 Å². The van der Waals surface area contributed by atoms with Crippen LogP contribution in [0.5, 0.6) is 0 Å². The molecule has 11 rings (SSSR count). The number of fused-ring (bicyclic) bond motifs is 7. The summed E-state index contributed by atoms with van der Waals surface area (Å²) >= 11 is 0. The van der Waals surface area contributed by atoms with Crippen molar-refractivity contribution in [1.29, 1.82) is 0 Å². The van der Waals surface area contributed by atoms with Crippen molar-refractivity contribution in [3.05, 3.63) is 206 Å². The maximum absolute atomic E-state index is 6.50. The highest BCUT2D eigenvalue weighted by Crippen LogP contribution is 2.47. The summed E-state index contributed by atoms with van der Waals surface area (Å²) in [6, 6.07) is 74.0. The van der Waals surface area contributed by atoms with E-state index in [2.05, 4.69) is 204 Å². The summed E-state index contributed by atoms with van der Waals surface area (Å²) in [7, 11) is 0. The van der Waals surface area contributed by atoms with E-state index in [4.69, 9.17) is 4.42 Å². The van der Waals surface area contributed by atoms with Crippen LogP contribution in [0.4, 0.5) is 17.1 Å². The fourth-order valence-corrected chi connectivity index (χ4v) is 8.53. The quantitative estimate of drug-likeness (QED) is 0.172. The smallest absolute Gasteiger partial charge is 0.137 e. The number of nitrogens with zero attached hydrogens (tertiary/aromatic N) is 2. The Morgan fingerprint density at radius 1 is 0.382 bits per heavy atom. The molecule has 0 N–H and O–H groups in total. The van der Waals surface area contributed by atoms with Gasteiger partial charge in [-0.1, -0.05) is 146 Å². The van der Waals surface area contributed by atoms with Crippen molar-refractivity contribution in [1.82, 2.24) is 4.57 Å². The molecule has 0 spiro atoms. The molecule has 0 aliphatic heterocycles. The first-order chi connectivity index (χ1) is 27.3. The highest BCUT2D eigenvalue weighted by molar-refractivity contribution is 6.12. The monoisotopic (exact) mass is 702 g/mol. The summed E-state index contributed by atoms with van der Waals surface area (Å²) in [4.78, 5) is 2.39. The molecule has 0 saturated heterocycles. The molecule has 0 radical (unpaired) electrons. The third-order valence-corrected chi connectivity index (χ3v) is 11.0. The Morgan fingerprint density at radius 3 is 1.82 bits per heavy atom. The summed E-state index contributed by atoms with van der Waals surface area (Å²) in [5.41, 5.74) is 13.0. The number of furan rings is 1. The van der Waals surface area contributed by atoms with Crippen LogP contribution in [0.2, 0.25) is 0 Å². The lowest BCUT2D eigenvalue weighted by Crippen LogP contribution is -2.12. The molecule has 0 fully saturated rings. The molecule has 3 nitrogen and oxygen atoms in total. The van der Waals surface area contributed by atoms with Crippen molar-refractivity contribution >= 4 is 71.6 Å². The molecule has 9 aromatic carbocycles. The minimum atomic E-state index is 0.858. The van der Waals surface area contributed by atoms with Gasteiger partial charge in [-0.2, -0.15) is 0 Å². The van der Waals surface area contributed by atoms with E-state index in [-0.39, 0.29) is 0 Å². The molecule has 0 atom stereocenters. The van der Waals surface area contributed by atoms with E-state index in [9.17, 15) is 0 Å². The highest BCUT2D eigenvalue weighted by atomic mass is 16.3. The van der Waals surface area contributed by atoms with Crippen LogP contribution in [0, 0.1) is 0 Å². The fourth-order valence-electron chi connectivity index (χ4n) is 8.53. The van der Waals surface area contributed by atoms with Gasteiger partial charge in [0.25, 0.3) is 0 Å². The van der Waals surface area contributed by atoms with Crippen LogP contribution >= 0.6 is 0 Å². The number of anilines is 3. The van der Waals surface area contributed by atoms with Gasteiger partial charge in [-0.25, -0.2) is 0 Å². The second-order valence-corrected chi connectivity index (χ2v) is 14.1. The predicted molar refractivity (Wildman–Crippen MR) is 231 cm³/mol. The van der Waals surface area contributed by atoms with E-state index in [1.165, 1.54) is 43.7 Å².